The molecule has 2 aromatic heterocycles. The number of rotatable bonds is 3. The van der Waals surface area contributed by atoms with Gasteiger partial charge >= 0.3 is 0 Å². The van der Waals surface area contributed by atoms with Crippen LogP contribution in [0.25, 0.3) is 16.6 Å². The number of carbonyl (C=O) groups is 1. The Morgan fingerprint density at radius 3 is 2.96 bits per heavy atom. The molecule has 6 heteroatoms. The lowest BCUT2D eigenvalue weighted by atomic mass is 10.1. The Balaban J connectivity index is 1.52. The number of para-hydroxylation sites is 1. The van der Waals surface area contributed by atoms with E-state index in [1.54, 1.807) is 11.3 Å². The summed E-state index contributed by atoms with van der Waals surface area (Å²) in [5.41, 5.74) is 2.40. The minimum atomic E-state index is -0.174. The first-order chi connectivity index (χ1) is 11.3. The summed E-state index contributed by atoms with van der Waals surface area (Å²) in [6.45, 7) is 0.270. The molecule has 1 aliphatic heterocycles. The van der Waals surface area contributed by atoms with Crippen LogP contribution in [0.15, 0.2) is 52.7 Å². The summed E-state index contributed by atoms with van der Waals surface area (Å²) >= 11 is 3.05. The molecule has 0 unspecified atom stereocenters. The molecule has 0 radical (unpaired) electrons. The van der Waals surface area contributed by atoms with E-state index in [0.29, 0.717) is 10.7 Å². The Bertz CT molecular complexity index is 882. The van der Waals surface area contributed by atoms with Crippen LogP contribution in [0.3, 0.4) is 0 Å². The molecule has 114 valence electrons. The van der Waals surface area contributed by atoms with E-state index in [0.717, 1.165) is 21.9 Å². The SMILES string of the molecule is O=C(Nc1nc(-c2cccs2)cs1)C1=Cc2ccccc2OC1. The fraction of sp³-hybridized carbons (Fsp3) is 0.0588. The Morgan fingerprint density at radius 2 is 2.09 bits per heavy atom. The third-order valence-corrected chi connectivity index (χ3v) is 5.07. The van der Waals surface area contributed by atoms with Gasteiger partial charge in [0.25, 0.3) is 5.91 Å². The summed E-state index contributed by atoms with van der Waals surface area (Å²) in [4.78, 5) is 17.9. The lowest BCUT2D eigenvalue weighted by Gasteiger charge is -2.16. The van der Waals surface area contributed by atoms with Crippen molar-refractivity contribution in [1.82, 2.24) is 4.98 Å². The number of thiazole rings is 1. The second-order valence-corrected chi connectivity index (χ2v) is 6.77. The highest BCUT2D eigenvalue weighted by Crippen LogP contribution is 2.29. The van der Waals surface area contributed by atoms with Crippen LogP contribution in [0.2, 0.25) is 0 Å². The zero-order chi connectivity index (χ0) is 15.6. The first kappa shape index (κ1) is 14.2. The van der Waals surface area contributed by atoms with Gasteiger partial charge in [-0.15, -0.1) is 22.7 Å². The number of nitrogens with zero attached hydrogens (tertiary/aromatic N) is 1. The number of aromatic nitrogens is 1. The molecule has 0 atom stereocenters. The van der Waals surface area contributed by atoms with E-state index in [1.165, 1.54) is 11.3 Å². The number of nitrogens with one attached hydrogen (secondary N) is 1. The van der Waals surface area contributed by atoms with E-state index in [9.17, 15) is 4.79 Å². The molecule has 1 amide bonds. The quantitative estimate of drug-likeness (QED) is 0.774. The standard InChI is InChI=1S/C17H12N2O2S2/c20-16(12-8-11-4-1-2-5-14(11)21-9-12)19-17-18-13(10-23-17)15-6-3-7-22-15/h1-8,10H,9H2,(H,18,19,20). The highest BCUT2D eigenvalue weighted by molar-refractivity contribution is 7.16. The fourth-order valence-corrected chi connectivity index (χ4v) is 3.76. The lowest BCUT2D eigenvalue weighted by molar-refractivity contribution is -0.113. The van der Waals surface area contributed by atoms with E-state index in [2.05, 4.69) is 10.3 Å². The topological polar surface area (TPSA) is 51.2 Å². The monoisotopic (exact) mass is 340 g/mol. The number of ether oxygens (including phenoxy) is 1. The molecule has 0 saturated heterocycles. The van der Waals surface area contributed by atoms with Gasteiger partial charge in [0.15, 0.2) is 5.13 Å². The third kappa shape index (κ3) is 2.91. The van der Waals surface area contributed by atoms with Crippen LogP contribution >= 0.6 is 22.7 Å². The van der Waals surface area contributed by atoms with Gasteiger partial charge in [-0.1, -0.05) is 24.3 Å². The minimum Gasteiger partial charge on any atom is -0.488 e. The molecule has 4 nitrogen and oxygen atoms in total. The maximum Gasteiger partial charge on any atom is 0.256 e. The molecule has 0 spiro atoms. The second kappa shape index (κ2) is 5.98. The van der Waals surface area contributed by atoms with Crippen LogP contribution in [0, 0.1) is 0 Å². The molecule has 1 aromatic carbocycles. The van der Waals surface area contributed by atoms with E-state index in [4.69, 9.17) is 4.74 Å². The molecule has 0 aliphatic carbocycles. The Morgan fingerprint density at radius 1 is 1.17 bits per heavy atom. The predicted molar refractivity (Wildman–Crippen MR) is 94.0 cm³/mol. The number of fused-ring (bicyclic) bond motifs is 1. The van der Waals surface area contributed by atoms with Crippen molar-refractivity contribution < 1.29 is 9.53 Å². The Labute approximate surface area is 141 Å². The summed E-state index contributed by atoms with van der Waals surface area (Å²) < 4.78 is 5.61. The van der Waals surface area contributed by atoms with Gasteiger partial charge < -0.3 is 4.74 Å². The predicted octanol–water partition coefficient (Wildman–Crippen LogP) is 4.29. The molecule has 3 aromatic rings. The minimum absolute atomic E-state index is 0.174. The van der Waals surface area contributed by atoms with Crippen molar-refractivity contribution in [2.75, 3.05) is 11.9 Å². The smallest absolute Gasteiger partial charge is 0.256 e. The zero-order valence-corrected chi connectivity index (χ0v) is 13.6. The van der Waals surface area contributed by atoms with Crippen molar-refractivity contribution >= 4 is 39.8 Å². The van der Waals surface area contributed by atoms with Crippen LogP contribution in [0.4, 0.5) is 5.13 Å². The molecule has 0 fully saturated rings. The highest BCUT2D eigenvalue weighted by atomic mass is 32.1. The van der Waals surface area contributed by atoms with Crippen LogP contribution in [0.5, 0.6) is 5.75 Å². The molecule has 1 aliphatic rings. The number of hydrogen-bond donors (Lipinski definition) is 1. The zero-order valence-electron chi connectivity index (χ0n) is 12.0. The molecule has 0 bridgehead atoms. The lowest BCUT2D eigenvalue weighted by Crippen LogP contribution is -2.21. The van der Waals surface area contributed by atoms with E-state index in [-0.39, 0.29) is 12.5 Å². The highest BCUT2D eigenvalue weighted by Gasteiger charge is 2.18. The van der Waals surface area contributed by atoms with Gasteiger partial charge in [-0.25, -0.2) is 4.98 Å². The number of thiophene rings is 1. The van der Waals surface area contributed by atoms with Crippen LogP contribution in [0.1, 0.15) is 5.56 Å². The summed E-state index contributed by atoms with van der Waals surface area (Å²) in [5, 5.41) is 7.40. The second-order valence-electron chi connectivity index (χ2n) is 4.97. The fourth-order valence-electron chi connectivity index (χ4n) is 2.29. The van der Waals surface area contributed by atoms with Crippen molar-refractivity contribution in [3.63, 3.8) is 0 Å². The molecule has 0 saturated carbocycles. The number of anilines is 1. The van der Waals surface area contributed by atoms with Crippen molar-refractivity contribution in [1.29, 1.82) is 0 Å². The van der Waals surface area contributed by atoms with Gasteiger partial charge in [0.1, 0.15) is 12.4 Å². The maximum absolute atomic E-state index is 12.4. The third-order valence-electron chi connectivity index (χ3n) is 3.42. The first-order valence-electron chi connectivity index (χ1n) is 7.03. The van der Waals surface area contributed by atoms with E-state index < -0.39 is 0 Å². The summed E-state index contributed by atoms with van der Waals surface area (Å²) in [6, 6.07) is 11.7. The number of amides is 1. The van der Waals surface area contributed by atoms with Gasteiger partial charge in [0, 0.05) is 10.9 Å². The summed E-state index contributed by atoms with van der Waals surface area (Å²) in [5.74, 6) is 0.630. The molecule has 23 heavy (non-hydrogen) atoms. The van der Waals surface area contributed by atoms with Crippen molar-refractivity contribution in [3.05, 3.63) is 58.3 Å². The van der Waals surface area contributed by atoms with E-state index >= 15 is 0 Å². The number of carbonyl (C=O) groups excluding carboxylic acids is 1. The number of hydrogen-bond acceptors (Lipinski definition) is 5. The Hall–Kier alpha value is -2.44. The maximum atomic E-state index is 12.4. The summed E-state index contributed by atoms with van der Waals surface area (Å²) in [6.07, 6.45) is 1.86. The average Bonchev–Trinajstić information content (AvgIpc) is 3.25. The van der Waals surface area contributed by atoms with Crippen LogP contribution in [-0.4, -0.2) is 17.5 Å². The molecular formula is C17H12N2O2S2. The normalized spacial score (nSPS) is 13.0. The molecule has 4 rings (SSSR count). The van der Waals surface area contributed by atoms with Gasteiger partial charge in [0.05, 0.1) is 16.1 Å². The summed E-state index contributed by atoms with van der Waals surface area (Å²) in [7, 11) is 0. The van der Waals surface area contributed by atoms with Gasteiger partial charge in [-0.05, 0) is 23.6 Å². The van der Waals surface area contributed by atoms with Gasteiger partial charge in [-0.2, -0.15) is 0 Å². The molecule has 3 heterocycles. The van der Waals surface area contributed by atoms with E-state index in [1.807, 2.05) is 53.2 Å². The van der Waals surface area contributed by atoms with Crippen LogP contribution in [-0.2, 0) is 4.79 Å². The first-order valence-corrected chi connectivity index (χ1v) is 8.79. The number of benzene rings is 1. The average molecular weight is 340 g/mol. The van der Waals surface area contributed by atoms with Crippen molar-refractivity contribution in [2.45, 2.75) is 0 Å². The van der Waals surface area contributed by atoms with Gasteiger partial charge in [0.2, 0.25) is 0 Å². The van der Waals surface area contributed by atoms with Crippen LogP contribution < -0.4 is 10.1 Å². The van der Waals surface area contributed by atoms with Gasteiger partial charge in [-0.3, -0.25) is 10.1 Å². The van der Waals surface area contributed by atoms with Crippen molar-refractivity contribution in [3.8, 4) is 16.3 Å². The molecule has 1 N–H and O–H groups in total. The largest absolute Gasteiger partial charge is 0.488 e. The Kier molecular flexibility index (Phi) is 3.69. The van der Waals surface area contributed by atoms with Crippen molar-refractivity contribution in [2.24, 2.45) is 0 Å². The molecular weight excluding hydrogens is 328 g/mol.